The maximum atomic E-state index is 14.3. The Kier molecular flexibility index (Phi) is 5.61. The Bertz CT molecular complexity index is 598. The zero-order valence-corrected chi connectivity index (χ0v) is 15.5. The van der Waals surface area contributed by atoms with Crippen LogP contribution in [0.3, 0.4) is 0 Å². The zero-order chi connectivity index (χ0) is 15.5. The highest BCUT2D eigenvalue weighted by atomic mass is 79.9. The summed E-state index contributed by atoms with van der Waals surface area (Å²) in [7, 11) is 0. The molecule has 3 heteroatoms. The van der Waals surface area contributed by atoms with Gasteiger partial charge in [0.15, 0.2) is 0 Å². The summed E-state index contributed by atoms with van der Waals surface area (Å²) in [5, 5.41) is 1.42. The van der Waals surface area contributed by atoms with Crippen LogP contribution in [-0.2, 0) is 11.8 Å². The summed E-state index contributed by atoms with van der Waals surface area (Å²) in [4.78, 5) is 0. The van der Waals surface area contributed by atoms with Gasteiger partial charge in [-0.05, 0) is 48.6 Å². The van der Waals surface area contributed by atoms with E-state index in [1.54, 1.807) is 12.1 Å². The zero-order valence-electron chi connectivity index (χ0n) is 12.3. The molecule has 0 atom stereocenters. The number of halogens is 3. The third-order valence-corrected chi connectivity index (χ3v) is 6.26. The number of aryl methyl sites for hydroxylation is 2. The molecule has 0 spiro atoms. The van der Waals surface area contributed by atoms with Gasteiger partial charge in [-0.2, -0.15) is 0 Å². The molecule has 2 aromatic rings. The van der Waals surface area contributed by atoms with Crippen molar-refractivity contribution in [2.24, 2.45) is 0 Å². The van der Waals surface area contributed by atoms with Crippen molar-refractivity contribution in [1.29, 1.82) is 0 Å². The number of hydrogen-bond acceptors (Lipinski definition) is 0. The van der Waals surface area contributed by atoms with Gasteiger partial charge in [0.25, 0.3) is 0 Å². The molecule has 0 N–H and O–H groups in total. The molecule has 0 saturated heterocycles. The molecule has 0 bridgehead atoms. The molecule has 0 fully saturated rings. The van der Waals surface area contributed by atoms with Crippen LogP contribution in [0.1, 0.15) is 22.3 Å². The molecule has 0 nitrogen and oxygen atoms in total. The Morgan fingerprint density at radius 1 is 0.905 bits per heavy atom. The molecule has 0 aromatic heterocycles. The van der Waals surface area contributed by atoms with Crippen LogP contribution < -0.4 is 0 Å². The third-order valence-electron chi connectivity index (χ3n) is 4.12. The second kappa shape index (κ2) is 7.06. The lowest BCUT2D eigenvalue weighted by Gasteiger charge is -2.32. The summed E-state index contributed by atoms with van der Waals surface area (Å²) in [6.45, 7) is 4.24. The van der Waals surface area contributed by atoms with E-state index >= 15 is 0 Å². The molecule has 0 aliphatic carbocycles. The van der Waals surface area contributed by atoms with Crippen LogP contribution in [0.4, 0.5) is 4.39 Å². The van der Waals surface area contributed by atoms with Gasteiger partial charge in [0.2, 0.25) is 0 Å². The quantitative estimate of drug-likeness (QED) is 0.550. The van der Waals surface area contributed by atoms with Crippen molar-refractivity contribution >= 4 is 31.9 Å². The number of hydrogen-bond donors (Lipinski definition) is 0. The van der Waals surface area contributed by atoms with Gasteiger partial charge in [-0.3, -0.25) is 0 Å². The number of rotatable bonds is 5. The minimum absolute atomic E-state index is 0.136. The molecule has 0 aliphatic heterocycles. The molecule has 0 unspecified atom stereocenters. The lowest BCUT2D eigenvalue weighted by atomic mass is 9.77. The fourth-order valence-electron chi connectivity index (χ4n) is 2.73. The second-order valence-corrected chi connectivity index (χ2v) is 6.70. The van der Waals surface area contributed by atoms with Crippen LogP contribution in [0.15, 0.2) is 42.5 Å². The van der Waals surface area contributed by atoms with E-state index in [9.17, 15) is 4.39 Å². The van der Waals surface area contributed by atoms with Crippen molar-refractivity contribution < 1.29 is 4.39 Å². The Morgan fingerprint density at radius 2 is 1.48 bits per heavy atom. The minimum atomic E-state index is -0.289. The normalized spacial score (nSPS) is 11.7. The summed E-state index contributed by atoms with van der Waals surface area (Å²) < 4.78 is 14.3. The van der Waals surface area contributed by atoms with E-state index in [4.69, 9.17) is 0 Å². The van der Waals surface area contributed by atoms with Crippen molar-refractivity contribution in [2.45, 2.75) is 25.7 Å². The van der Waals surface area contributed by atoms with Crippen LogP contribution in [-0.4, -0.2) is 10.7 Å². The molecule has 0 amide bonds. The molecule has 0 heterocycles. The lowest BCUT2D eigenvalue weighted by molar-refractivity contribution is 0.499. The predicted octanol–water partition coefficient (Wildman–Crippen LogP) is 5.71. The molecule has 0 radical (unpaired) electrons. The van der Waals surface area contributed by atoms with Gasteiger partial charge < -0.3 is 0 Å². The maximum Gasteiger partial charge on any atom is 0.127 e. The average Bonchev–Trinajstić information content (AvgIpc) is 2.49. The maximum absolute atomic E-state index is 14.3. The Labute approximate surface area is 143 Å². The molecule has 0 aliphatic rings. The highest BCUT2D eigenvalue weighted by Crippen LogP contribution is 2.36. The fraction of sp³-hybridized carbons (Fsp3) is 0.333. The summed E-state index contributed by atoms with van der Waals surface area (Å²) >= 11 is 7.23. The molecule has 21 heavy (non-hydrogen) atoms. The third kappa shape index (κ3) is 3.40. The molecule has 2 aromatic carbocycles. The van der Waals surface area contributed by atoms with Crippen LogP contribution in [0.2, 0.25) is 0 Å². The van der Waals surface area contributed by atoms with Gasteiger partial charge in [-0.15, -0.1) is 0 Å². The first-order chi connectivity index (χ1) is 10.0. The average molecular weight is 414 g/mol. The fourth-order valence-corrected chi connectivity index (χ4v) is 4.66. The van der Waals surface area contributed by atoms with Crippen LogP contribution in [0.25, 0.3) is 0 Å². The molecule has 112 valence electrons. The van der Waals surface area contributed by atoms with Gasteiger partial charge in [-0.25, -0.2) is 4.39 Å². The second-order valence-electron chi connectivity index (χ2n) is 5.57. The number of benzene rings is 2. The SMILES string of the molecule is Cc1cccc(C)c1CC(CBr)(CBr)c1ccccc1F. The van der Waals surface area contributed by atoms with Crippen molar-refractivity contribution in [3.05, 3.63) is 70.5 Å². The summed E-state index contributed by atoms with van der Waals surface area (Å²) in [6.07, 6.45) is 0.808. The summed E-state index contributed by atoms with van der Waals surface area (Å²) in [6, 6.07) is 13.4. The highest BCUT2D eigenvalue weighted by molar-refractivity contribution is 9.09. The van der Waals surface area contributed by atoms with Crippen molar-refractivity contribution in [3.63, 3.8) is 0 Å². The van der Waals surface area contributed by atoms with E-state index in [-0.39, 0.29) is 11.2 Å². The van der Waals surface area contributed by atoms with Gasteiger partial charge in [0.1, 0.15) is 5.82 Å². The standard InChI is InChI=1S/C18H19Br2F/c1-13-6-5-7-14(2)15(13)10-18(11-19,12-20)16-8-3-4-9-17(16)21/h3-9H,10-12H2,1-2H3. The van der Waals surface area contributed by atoms with Gasteiger partial charge in [0, 0.05) is 16.1 Å². The largest absolute Gasteiger partial charge is 0.207 e. The summed E-state index contributed by atoms with van der Waals surface area (Å²) in [5.41, 5.74) is 4.30. The number of alkyl halides is 2. The predicted molar refractivity (Wildman–Crippen MR) is 95.3 cm³/mol. The Balaban J connectivity index is 2.51. The van der Waals surface area contributed by atoms with Crippen LogP contribution in [0, 0.1) is 19.7 Å². The highest BCUT2D eigenvalue weighted by Gasteiger charge is 2.33. The summed E-state index contributed by atoms with van der Waals surface area (Å²) in [5.74, 6) is -0.136. The van der Waals surface area contributed by atoms with Crippen molar-refractivity contribution in [3.8, 4) is 0 Å². The van der Waals surface area contributed by atoms with Crippen LogP contribution >= 0.6 is 31.9 Å². The first kappa shape index (κ1) is 16.7. The van der Waals surface area contributed by atoms with Gasteiger partial charge in [-0.1, -0.05) is 68.3 Å². The van der Waals surface area contributed by atoms with E-state index in [0.717, 1.165) is 12.0 Å². The van der Waals surface area contributed by atoms with E-state index < -0.39 is 0 Å². The first-order valence-electron chi connectivity index (χ1n) is 6.96. The van der Waals surface area contributed by atoms with E-state index in [0.29, 0.717) is 10.7 Å². The van der Waals surface area contributed by atoms with Crippen LogP contribution in [0.5, 0.6) is 0 Å². The molecule has 0 saturated carbocycles. The Hall–Kier alpha value is -0.670. The minimum Gasteiger partial charge on any atom is -0.207 e. The first-order valence-corrected chi connectivity index (χ1v) is 9.20. The van der Waals surface area contributed by atoms with E-state index in [2.05, 4.69) is 63.9 Å². The monoisotopic (exact) mass is 412 g/mol. The van der Waals surface area contributed by atoms with E-state index in [1.807, 2.05) is 12.1 Å². The van der Waals surface area contributed by atoms with E-state index in [1.165, 1.54) is 16.7 Å². The van der Waals surface area contributed by atoms with Crippen molar-refractivity contribution in [1.82, 2.24) is 0 Å². The smallest absolute Gasteiger partial charge is 0.127 e. The van der Waals surface area contributed by atoms with Crippen molar-refractivity contribution in [2.75, 3.05) is 10.7 Å². The molecular weight excluding hydrogens is 395 g/mol. The van der Waals surface area contributed by atoms with Gasteiger partial charge >= 0.3 is 0 Å². The Morgan fingerprint density at radius 3 is 2.00 bits per heavy atom. The topological polar surface area (TPSA) is 0 Å². The molecule has 2 rings (SSSR count). The lowest BCUT2D eigenvalue weighted by Crippen LogP contribution is -2.34. The van der Waals surface area contributed by atoms with Gasteiger partial charge in [0.05, 0.1) is 0 Å². The molecular formula is C18H19Br2F.